The number of nitrogens with zero attached hydrogens (tertiary/aromatic N) is 1. The van der Waals surface area contributed by atoms with E-state index in [1.54, 1.807) is 12.1 Å². The number of rotatable bonds is 8. The molecule has 1 N–H and O–H groups in total. The van der Waals surface area contributed by atoms with Crippen LogP contribution in [0.15, 0.2) is 36.4 Å². The standard InChI is InChI=1S/C24H29NO5/c1-2-3-4-23-20-8-7-19(14-21(20)24(27)30-23)29-16-17-5-6-18(22(26)13-17)15-25-9-11-28-12-10-25/h5-8,13-14,23,26H,2-4,9-12,15-16H2,1H3. The maximum absolute atomic E-state index is 12.2. The fourth-order valence-electron chi connectivity index (χ4n) is 3.94. The first-order valence-corrected chi connectivity index (χ1v) is 10.7. The van der Waals surface area contributed by atoms with Crippen LogP contribution in [0.1, 0.15) is 59.3 Å². The molecule has 0 spiro atoms. The van der Waals surface area contributed by atoms with Crippen molar-refractivity contribution < 1.29 is 24.1 Å². The van der Waals surface area contributed by atoms with Crippen LogP contribution in [0.2, 0.25) is 0 Å². The number of hydrogen-bond acceptors (Lipinski definition) is 6. The van der Waals surface area contributed by atoms with Crippen LogP contribution in [-0.4, -0.2) is 42.3 Å². The predicted octanol–water partition coefficient (Wildman–Crippen LogP) is 4.21. The van der Waals surface area contributed by atoms with E-state index in [9.17, 15) is 9.90 Å². The molecule has 1 atom stereocenters. The minimum absolute atomic E-state index is 0.141. The average Bonchev–Trinajstić information content (AvgIpc) is 3.08. The molecule has 1 unspecified atom stereocenters. The van der Waals surface area contributed by atoms with Crippen molar-refractivity contribution in [2.75, 3.05) is 26.3 Å². The summed E-state index contributed by atoms with van der Waals surface area (Å²) in [5.41, 5.74) is 3.32. The lowest BCUT2D eigenvalue weighted by atomic mass is 10.0. The van der Waals surface area contributed by atoms with Crippen molar-refractivity contribution in [1.82, 2.24) is 4.90 Å². The molecule has 2 heterocycles. The summed E-state index contributed by atoms with van der Waals surface area (Å²) in [6.07, 6.45) is 2.81. The Bertz CT molecular complexity index is 891. The number of carbonyl (C=O) groups excluding carboxylic acids is 1. The van der Waals surface area contributed by atoms with Gasteiger partial charge in [-0.2, -0.15) is 0 Å². The third kappa shape index (κ3) is 4.77. The van der Waals surface area contributed by atoms with Crippen molar-refractivity contribution in [3.05, 3.63) is 58.7 Å². The zero-order valence-electron chi connectivity index (χ0n) is 17.4. The monoisotopic (exact) mass is 411 g/mol. The number of hydrogen-bond donors (Lipinski definition) is 1. The van der Waals surface area contributed by atoms with Crippen LogP contribution < -0.4 is 4.74 Å². The molecule has 0 radical (unpaired) electrons. The highest BCUT2D eigenvalue weighted by Gasteiger charge is 2.30. The lowest BCUT2D eigenvalue weighted by Gasteiger charge is -2.26. The molecule has 0 amide bonds. The van der Waals surface area contributed by atoms with Gasteiger partial charge in [0.1, 0.15) is 24.2 Å². The first kappa shape index (κ1) is 20.7. The summed E-state index contributed by atoms with van der Waals surface area (Å²) in [5, 5.41) is 10.4. The highest BCUT2D eigenvalue weighted by molar-refractivity contribution is 5.94. The third-order valence-electron chi connectivity index (χ3n) is 5.71. The maximum atomic E-state index is 12.2. The summed E-state index contributed by atoms with van der Waals surface area (Å²) in [6.45, 7) is 6.39. The minimum atomic E-state index is -0.276. The smallest absolute Gasteiger partial charge is 0.339 e. The number of phenolic OH excluding ortho intramolecular Hbond substituents is 1. The Hall–Kier alpha value is -2.57. The Morgan fingerprint density at radius 2 is 2.00 bits per heavy atom. The van der Waals surface area contributed by atoms with Crippen LogP contribution in [0.25, 0.3) is 0 Å². The van der Waals surface area contributed by atoms with E-state index < -0.39 is 0 Å². The van der Waals surface area contributed by atoms with E-state index in [4.69, 9.17) is 14.2 Å². The Morgan fingerprint density at radius 3 is 2.77 bits per heavy atom. The molecule has 1 fully saturated rings. The van der Waals surface area contributed by atoms with Crippen LogP contribution in [0.5, 0.6) is 11.5 Å². The second-order valence-corrected chi connectivity index (χ2v) is 7.93. The fourth-order valence-corrected chi connectivity index (χ4v) is 3.94. The summed E-state index contributed by atoms with van der Waals surface area (Å²) < 4.78 is 16.8. The molecular formula is C24H29NO5. The van der Waals surface area contributed by atoms with Gasteiger partial charge in [-0.15, -0.1) is 0 Å². The molecule has 0 saturated carbocycles. The average molecular weight is 411 g/mol. The molecular weight excluding hydrogens is 382 g/mol. The van der Waals surface area contributed by atoms with Gasteiger partial charge in [0.05, 0.1) is 18.8 Å². The van der Waals surface area contributed by atoms with Gasteiger partial charge in [0.15, 0.2) is 0 Å². The van der Waals surface area contributed by atoms with Crippen molar-refractivity contribution in [1.29, 1.82) is 0 Å². The molecule has 6 heteroatoms. The molecule has 0 aliphatic carbocycles. The molecule has 2 aromatic rings. The van der Waals surface area contributed by atoms with E-state index in [1.165, 1.54) is 0 Å². The fraction of sp³-hybridized carbons (Fsp3) is 0.458. The highest BCUT2D eigenvalue weighted by atomic mass is 16.5. The van der Waals surface area contributed by atoms with E-state index in [0.717, 1.165) is 62.3 Å². The Balaban J connectivity index is 1.37. The van der Waals surface area contributed by atoms with Gasteiger partial charge in [0, 0.05) is 30.8 Å². The van der Waals surface area contributed by atoms with Crippen LogP contribution in [0.4, 0.5) is 0 Å². The second-order valence-electron chi connectivity index (χ2n) is 7.93. The van der Waals surface area contributed by atoms with Gasteiger partial charge in [-0.1, -0.05) is 31.5 Å². The molecule has 1 saturated heterocycles. The molecule has 160 valence electrons. The summed E-state index contributed by atoms with van der Waals surface area (Å²) in [5.74, 6) is 0.624. The molecule has 2 aliphatic rings. The molecule has 6 nitrogen and oxygen atoms in total. The van der Waals surface area contributed by atoms with Crippen molar-refractivity contribution in [3.63, 3.8) is 0 Å². The molecule has 0 aromatic heterocycles. The number of esters is 1. The van der Waals surface area contributed by atoms with Crippen LogP contribution >= 0.6 is 0 Å². The first-order valence-electron chi connectivity index (χ1n) is 10.7. The quantitative estimate of drug-likeness (QED) is 0.657. The van der Waals surface area contributed by atoms with Gasteiger partial charge in [-0.25, -0.2) is 4.79 Å². The summed E-state index contributed by atoms with van der Waals surface area (Å²) >= 11 is 0. The van der Waals surface area contributed by atoms with Gasteiger partial charge in [0.25, 0.3) is 0 Å². The number of benzene rings is 2. The minimum Gasteiger partial charge on any atom is -0.508 e. The van der Waals surface area contributed by atoms with Gasteiger partial charge >= 0.3 is 5.97 Å². The van der Waals surface area contributed by atoms with Crippen LogP contribution in [-0.2, 0) is 22.6 Å². The number of carbonyl (C=O) groups is 1. The van der Waals surface area contributed by atoms with E-state index >= 15 is 0 Å². The number of aromatic hydroxyl groups is 1. The van der Waals surface area contributed by atoms with Crippen LogP contribution in [0.3, 0.4) is 0 Å². The van der Waals surface area contributed by atoms with Gasteiger partial charge in [-0.3, -0.25) is 4.90 Å². The Kier molecular flexibility index (Phi) is 6.55. The number of unbranched alkanes of at least 4 members (excludes halogenated alkanes) is 1. The Labute approximate surface area is 177 Å². The largest absolute Gasteiger partial charge is 0.508 e. The van der Waals surface area contributed by atoms with E-state index in [-0.39, 0.29) is 17.8 Å². The number of fused-ring (bicyclic) bond motifs is 1. The van der Waals surface area contributed by atoms with E-state index in [2.05, 4.69) is 11.8 Å². The van der Waals surface area contributed by atoms with Crippen molar-refractivity contribution in [3.8, 4) is 11.5 Å². The maximum Gasteiger partial charge on any atom is 0.339 e. The van der Waals surface area contributed by atoms with E-state index in [1.807, 2.05) is 24.3 Å². The molecule has 30 heavy (non-hydrogen) atoms. The Morgan fingerprint density at radius 1 is 1.17 bits per heavy atom. The summed E-state index contributed by atoms with van der Waals surface area (Å²) in [7, 11) is 0. The first-order chi connectivity index (χ1) is 14.6. The SMILES string of the molecule is CCCCC1OC(=O)c2cc(OCc3ccc(CN4CCOCC4)c(O)c3)ccc21. The molecule has 0 bridgehead atoms. The van der Waals surface area contributed by atoms with Crippen LogP contribution in [0, 0.1) is 0 Å². The third-order valence-corrected chi connectivity index (χ3v) is 5.71. The normalized spacial score (nSPS) is 18.8. The second kappa shape index (κ2) is 9.49. The number of cyclic esters (lactones) is 1. The highest BCUT2D eigenvalue weighted by Crippen LogP contribution is 2.36. The topological polar surface area (TPSA) is 68.2 Å². The predicted molar refractivity (Wildman–Crippen MR) is 113 cm³/mol. The lowest BCUT2D eigenvalue weighted by molar-refractivity contribution is 0.0338. The summed E-state index contributed by atoms with van der Waals surface area (Å²) in [6, 6.07) is 11.2. The van der Waals surface area contributed by atoms with Gasteiger partial charge in [0.2, 0.25) is 0 Å². The molecule has 4 rings (SSSR count). The van der Waals surface area contributed by atoms with Gasteiger partial charge < -0.3 is 19.3 Å². The molecule has 2 aliphatic heterocycles. The lowest BCUT2D eigenvalue weighted by Crippen LogP contribution is -2.35. The summed E-state index contributed by atoms with van der Waals surface area (Å²) in [4.78, 5) is 14.5. The van der Waals surface area contributed by atoms with E-state index in [0.29, 0.717) is 24.5 Å². The van der Waals surface area contributed by atoms with Crippen molar-refractivity contribution >= 4 is 5.97 Å². The zero-order chi connectivity index (χ0) is 20.9. The number of morpholine rings is 1. The van der Waals surface area contributed by atoms with Gasteiger partial charge in [-0.05, 0) is 36.6 Å². The number of ether oxygens (including phenoxy) is 3. The zero-order valence-corrected chi connectivity index (χ0v) is 17.4. The number of phenols is 1. The van der Waals surface area contributed by atoms with Crippen molar-refractivity contribution in [2.45, 2.75) is 45.4 Å². The van der Waals surface area contributed by atoms with Crippen molar-refractivity contribution in [2.24, 2.45) is 0 Å². The molecule has 2 aromatic carbocycles.